The quantitative estimate of drug-likeness (QED) is 0.300. The molecule has 0 unspecified atom stereocenters. The highest BCUT2D eigenvalue weighted by Gasteiger charge is 2.37. The Kier molecular flexibility index (Phi) is 5.65. The van der Waals surface area contributed by atoms with Gasteiger partial charge in [0.15, 0.2) is 5.78 Å². The summed E-state index contributed by atoms with van der Waals surface area (Å²) >= 11 is 3.21. The largest absolute Gasteiger partial charge is 0.417 e. The summed E-state index contributed by atoms with van der Waals surface area (Å²) < 4.78 is 79.0. The molecule has 0 saturated carbocycles. The van der Waals surface area contributed by atoms with Gasteiger partial charge in [0, 0.05) is 10.0 Å². The molecule has 138 valence electrons. The van der Waals surface area contributed by atoms with Crippen molar-refractivity contribution in [2.75, 3.05) is 0 Å². The van der Waals surface area contributed by atoms with Gasteiger partial charge in [-0.1, -0.05) is 28.1 Å². The van der Waals surface area contributed by atoms with Crippen LogP contribution in [-0.2, 0) is 6.18 Å². The van der Waals surface area contributed by atoms with Crippen LogP contribution in [0.5, 0.6) is 0 Å². The van der Waals surface area contributed by atoms with E-state index in [-0.39, 0.29) is 5.56 Å². The molecule has 0 aliphatic heterocycles. The molecule has 2 rings (SSSR count). The van der Waals surface area contributed by atoms with Crippen LogP contribution in [0, 0.1) is 6.92 Å². The van der Waals surface area contributed by atoms with Crippen molar-refractivity contribution < 1.29 is 31.1 Å². The summed E-state index contributed by atoms with van der Waals surface area (Å²) in [6.45, 7) is 1.65. The van der Waals surface area contributed by atoms with Crippen LogP contribution in [0.15, 0.2) is 53.0 Å². The van der Waals surface area contributed by atoms with Crippen molar-refractivity contribution in [1.82, 2.24) is 0 Å². The van der Waals surface area contributed by atoms with Crippen LogP contribution >= 0.6 is 15.9 Å². The van der Waals surface area contributed by atoms with E-state index < -0.39 is 34.8 Å². The van der Waals surface area contributed by atoms with E-state index in [1.807, 2.05) is 0 Å². The Labute approximate surface area is 153 Å². The smallest absolute Gasteiger partial charge is 0.289 e. The lowest BCUT2D eigenvalue weighted by molar-refractivity contribution is -0.137. The molecule has 0 saturated heterocycles. The first kappa shape index (κ1) is 20.2. The Balaban J connectivity index is 2.53. The molecule has 0 spiro atoms. The van der Waals surface area contributed by atoms with Crippen LogP contribution < -0.4 is 0 Å². The van der Waals surface area contributed by atoms with Crippen molar-refractivity contribution in [3.8, 4) is 0 Å². The molecular formula is C18H11BrF6O. The molecule has 2 aromatic rings. The van der Waals surface area contributed by atoms with Gasteiger partial charge < -0.3 is 0 Å². The maximum atomic E-state index is 13.3. The van der Waals surface area contributed by atoms with Gasteiger partial charge in [0.25, 0.3) is 0 Å². The zero-order valence-electron chi connectivity index (χ0n) is 13.2. The fourth-order valence-corrected chi connectivity index (χ4v) is 2.45. The summed E-state index contributed by atoms with van der Waals surface area (Å²) in [5, 5.41) is 0. The van der Waals surface area contributed by atoms with E-state index in [0.717, 1.165) is 12.1 Å². The Morgan fingerprint density at radius 3 is 2.15 bits per heavy atom. The minimum atomic E-state index is -5.00. The Hall–Kier alpha value is -2.09. The number of aryl methyl sites for hydroxylation is 1. The van der Waals surface area contributed by atoms with Crippen LogP contribution in [0.1, 0.15) is 27.0 Å². The molecule has 2 aromatic carbocycles. The molecule has 0 bridgehead atoms. The van der Waals surface area contributed by atoms with E-state index in [4.69, 9.17) is 0 Å². The van der Waals surface area contributed by atoms with Gasteiger partial charge in [-0.3, -0.25) is 4.79 Å². The number of halogens is 7. The first-order chi connectivity index (χ1) is 11.9. The molecule has 0 aliphatic rings. The second kappa shape index (κ2) is 7.26. The number of alkyl halides is 6. The van der Waals surface area contributed by atoms with Gasteiger partial charge in [0.2, 0.25) is 0 Å². The van der Waals surface area contributed by atoms with E-state index in [1.54, 1.807) is 6.92 Å². The molecule has 0 fully saturated rings. The predicted octanol–water partition coefficient (Wildman–Crippen LogP) is 6.60. The molecule has 0 atom stereocenters. The molecule has 0 aromatic heterocycles. The van der Waals surface area contributed by atoms with Gasteiger partial charge >= 0.3 is 12.4 Å². The van der Waals surface area contributed by atoms with E-state index >= 15 is 0 Å². The van der Waals surface area contributed by atoms with Crippen LogP contribution in [-0.4, -0.2) is 12.0 Å². The number of hydrogen-bond acceptors (Lipinski definition) is 1. The molecular weight excluding hydrogens is 426 g/mol. The zero-order valence-corrected chi connectivity index (χ0v) is 14.8. The topological polar surface area (TPSA) is 17.1 Å². The Morgan fingerprint density at radius 2 is 1.62 bits per heavy atom. The van der Waals surface area contributed by atoms with Crippen molar-refractivity contribution in [3.05, 3.63) is 75.3 Å². The van der Waals surface area contributed by atoms with Crippen molar-refractivity contribution in [2.45, 2.75) is 19.3 Å². The molecule has 0 aliphatic carbocycles. The number of carbonyl (C=O) groups excluding carboxylic acids is 1. The van der Waals surface area contributed by atoms with Crippen molar-refractivity contribution in [3.63, 3.8) is 0 Å². The third-order valence-corrected chi connectivity index (χ3v) is 4.41. The average Bonchev–Trinajstić information content (AvgIpc) is 2.53. The van der Waals surface area contributed by atoms with Gasteiger partial charge in [0.05, 0.1) is 11.1 Å². The number of rotatable bonds is 3. The summed E-state index contributed by atoms with van der Waals surface area (Å²) in [5.74, 6) is -0.953. The standard InChI is InChI=1S/C18H11BrF6O/c1-10-7-12(5-6-15(10)19)16(26)9-14(18(23,24)25)11-3-2-4-13(8-11)17(20,21)22/h2-9H,1H3. The highest BCUT2D eigenvalue weighted by molar-refractivity contribution is 9.10. The van der Waals surface area contributed by atoms with Gasteiger partial charge in [-0.2, -0.15) is 26.3 Å². The summed E-state index contributed by atoms with van der Waals surface area (Å²) in [5.41, 5.74) is -2.75. The Bertz CT molecular complexity index is 865. The Morgan fingerprint density at radius 1 is 0.962 bits per heavy atom. The maximum absolute atomic E-state index is 13.3. The lowest BCUT2D eigenvalue weighted by Gasteiger charge is -2.14. The number of carbonyl (C=O) groups is 1. The average molecular weight is 437 g/mol. The molecule has 26 heavy (non-hydrogen) atoms. The minimum Gasteiger partial charge on any atom is -0.289 e. The van der Waals surface area contributed by atoms with Crippen LogP contribution in [0.25, 0.3) is 5.57 Å². The molecule has 0 heterocycles. The maximum Gasteiger partial charge on any atom is 0.417 e. The van der Waals surface area contributed by atoms with Gasteiger partial charge in [-0.15, -0.1) is 0 Å². The highest BCUT2D eigenvalue weighted by Crippen LogP contribution is 2.37. The van der Waals surface area contributed by atoms with Crippen LogP contribution in [0.2, 0.25) is 0 Å². The summed E-state index contributed by atoms with van der Waals surface area (Å²) in [4.78, 5) is 12.2. The lowest BCUT2D eigenvalue weighted by atomic mass is 9.99. The number of hydrogen-bond donors (Lipinski definition) is 0. The second-order valence-electron chi connectivity index (χ2n) is 5.46. The van der Waals surface area contributed by atoms with Crippen molar-refractivity contribution >= 4 is 27.3 Å². The lowest BCUT2D eigenvalue weighted by Crippen LogP contribution is -2.14. The van der Waals surface area contributed by atoms with Crippen LogP contribution in [0.4, 0.5) is 26.3 Å². The van der Waals surface area contributed by atoms with Gasteiger partial charge in [-0.25, -0.2) is 0 Å². The van der Waals surface area contributed by atoms with E-state index in [0.29, 0.717) is 28.2 Å². The second-order valence-corrected chi connectivity index (χ2v) is 6.32. The molecule has 0 radical (unpaired) electrons. The fourth-order valence-electron chi connectivity index (χ4n) is 2.20. The third kappa shape index (κ3) is 4.75. The number of ketones is 1. The summed E-state index contributed by atoms with van der Waals surface area (Å²) in [6.07, 6.45) is -9.47. The van der Waals surface area contributed by atoms with Gasteiger partial charge in [-0.05, 0) is 54.5 Å². The SMILES string of the molecule is Cc1cc(C(=O)C=C(c2cccc(C(F)(F)F)c2)C(F)(F)F)ccc1Br. The normalized spacial score (nSPS) is 13.0. The van der Waals surface area contributed by atoms with E-state index in [9.17, 15) is 31.1 Å². The molecule has 0 amide bonds. The zero-order chi connectivity index (χ0) is 19.7. The third-order valence-electron chi connectivity index (χ3n) is 3.52. The first-order valence-corrected chi connectivity index (χ1v) is 7.96. The van der Waals surface area contributed by atoms with Crippen molar-refractivity contribution in [1.29, 1.82) is 0 Å². The molecule has 8 heteroatoms. The fraction of sp³-hybridized carbons (Fsp3) is 0.167. The van der Waals surface area contributed by atoms with Crippen molar-refractivity contribution in [2.24, 2.45) is 0 Å². The highest BCUT2D eigenvalue weighted by atomic mass is 79.9. The van der Waals surface area contributed by atoms with Gasteiger partial charge in [0.1, 0.15) is 0 Å². The number of benzene rings is 2. The molecule has 0 N–H and O–H groups in total. The number of allylic oxidation sites excluding steroid dienone is 2. The monoisotopic (exact) mass is 436 g/mol. The predicted molar refractivity (Wildman–Crippen MR) is 88.7 cm³/mol. The molecule has 1 nitrogen and oxygen atoms in total. The summed E-state index contributed by atoms with van der Waals surface area (Å²) in [7, 11) is 0. The summed E-state index contributed by atoms with van der Waals surface area (Å²) in [6, 6.07) is 7.02. The van der Waals surface area contributed by atoms with Crippen LogP contribution in [0.3, 0.4) is 0 Å². The van der Waals surface area contributed by atoms with E-state index in [2.05, 4.69) is 15.9 Å². The first-order valence-electron chi connectivity index (χ1n) is 7.16. The van der Waals surface area contributed by atoms with E-state index in [1.165, 1.54) is 18.2 Å². The minimum absolute atomic E-state index is 0.000532.